The molecule has 163 valence electrons. The molecule has 0 atom stereocenters. The number of rotatable bonds is 6. The van der Waals surface area contributed by atoms with Gasteiger partial charge in [-0.05, 0) is 36.7 Å². The Hall–Kier alpha value is -4.65. The molecule has 6 rings (SSSR count). The number of benzene rings is 3. The molecule has 6 nitrogen and oxygen atoms in total. The Kier molecular flexibility index (Phi) is 5.12. The minimum absolute atomic E-state index is 0.920. The van der Waals surface area contributed by atoms with Crippen molar-refractivity contribution in [1.82, 2.24) is 29.4 Å². The molecule has 1 radical (unpaired) electrons. The average molecular weight is 441 g/mol. The summed E-state index contributed by atoms with van der Waals surface area (Å²) in [7, 11) is -1.48. The third kappa shape index (κ3) is 3.84. The molecule has 0 bridgehead atoms. The Morgan fingerprint density at radius 2 is 1.03 bits per heavy atom. The highest BCUT2D eigenvalue weighted by Crippen LogP contribution is 2.19. The van der Waals surface area contributed by atoms with Crippen molar-refractivity contribution in [2.75, 3.05) is 0 Å². The molecule has 1 aliphatic heterocycles. The number of hydrogen-bond donors (Lipinski definition) is 0. The van der Waals surface area contributed by atoms with Crippen LogP contribution in [0.25, 0.3) is 22.5 Å². The van der Waals surface area contributed by atoms with Crippen molar-refractivity contribution >= 4 is 12.8 Å². The van der Waals surface area contributed by atoms with E-state index in [2.05, 4.69) is 36.4 Å². The minimum atomic E-state index is -1.48. The summed E-state index contributed by atoms with van der Waals surface area (Å²) in [6, 6.07) is 34.7. The zero-order valence-electron chi connectivity index (χ0n) is 18.5. The van der Waals surface area contributed by atoms with Crippen molar-refractivity contribution in [2.45, 2.75) is 0 Å². The number of hydrogen-bond acceptors (Lipinski definition) is 4. The van der Waals surface area contributed by atoms with Crippen molar-refractivity contribution in [1.29, 1.82) is 0 Å². The van der Waals surface area contributed by atoms with Crippen LogP contribution in [0.15, 0.2) is 128 Å². The maximum Gasteiger partial charge on any atom is 0.374 e. The van der Waals surface area contributed by atoms with Gasteiger partial charge in [0.05, 0.1) is 17.0 Å². The van der Waals surface area contributed by atoms with E-state index in [0.717, 1.165) is 33.8 Å². The molecule has 0 saturated carbocycles. The van der Waals surface area contributed by atoms with Crippen LogP contribution < -0.4 is 5.10 Å². The van der Waals surface area contributed by atoms with Crippen LogP contribution >= 0.6 is 0 Å². The zero-order valence-corrected chi connectivity index (χ0v) is 18.5. The first-order valence-corrected chi connectivity index (χ1v) is 11.3. The van der Waals surface area contributed by atoms with E-state index in [1.54, 1.807) is 0 Å². The predicted molar refractivity (Wildman–Crippen MR) is 137 cm³/mol. The van der Waals surface area contributed by atoms with Crippen molar-refractivity contribution in [2.24, 2.45) is 0 Å². The summed E-state index contributed by atoms with van der Waals surface area (Å²) in [6.07, 6.45) is 8.07. The Balaban J connectivity index is 1.40. The second-order valence-electron chi connectivity index (χ2n) is 8.24. The minimum Gasteiger partial charge on any atom is -0.400 e. The van der Waals surface area contributed by atoms with Crippen LogP contribution in [0.3, 0.4) is 0 Å². The van der Waals surface area contributed by atoms with Crippen molar-refractivity contribution in [3.8, 4) is 22.5 Å². The van der Waals surface area contributed by atoms with Crippen LogP contribution in [0.4, 0.5) is 0 Å². The van der Waals surface area contributed by atoms with Gasteiger partial charge < -0.3 is 9.19 Å². The molecule has 5 aromatic rings. The van der Waals surface area contributed by atoms with E-state index in [-0.39, 0.29) is 0 Å². The second-order valence-corrected chi connectivity index (χ2v) is 8.24. The maximum absolute atomic E-state index is 4.93. The molecule has 0 N–H and O–H groups in total. The van der Waals surface area contributed by atoms with Crippen LogP contribution in [-0.2, 0) is 0 Å². The SMILES string of the molecule is C1=CN([BH-](n2ccc(-c3ccccc3)n2)n2ccc(-c3ccccc3)n2)[N+]=C1c1ccccc1. The van der Waals surface area contributed by atoms with E-state index in [9.17, 15) is 0 Å². The standard InChI is InChI=1S/C27H22BN6/c1-4-10-22(11-5-1)25-16-19-32(29-25)28(33-20-17-26(30-33)23-12-6-2-7-13-23)34-21-18-27(31-34)24-14-8-3-9-15-24/h1-21,28H. The van der Waals surface area contributed by atoms with Crippen LogP contribution in [0.1, 0.15) is 5.56 Å². The molecule has 3 aromatic carbocycles. The summed E-state index contributed by atoms with van der Waals surface area (Å²) < 4.78 is 3.96. The van der Waals surface area contributed by atoms with E-state index in [4.69, 9.17) is 15.3 Å². The summed E-state index contributed by atoms with van der Waals surface area (Å²) in [4.78, 5) is 1.98. The predicted octanol–water partition coefficient (Wildman–Crippen LogP) is 4.10. The van der Waals surface area contributed by atoms with E-state index in [1.807, 2.05) is 106 Å². The molecule has 3 heterocycles. The summed E-state index contributed by atoms with van der Waals surface area (Å²) in [5.74, 6) is 0. The molecule has 1 aliphatic rings. The quantitative estimate of drug-likeness (QED) is 0.373. The summed E-state index contributed by atoms with van der Waals surface area (Å²) in [5.41, 5.74) is 6.00. The van der Waals surface area contributed by atoms with Gasteiger partial charge in [-0.15, -0.1) is 0 Å². The third-order valence-corrected chi connectivity index (χ3v) is 6.00. The van der Waals surface area contributed by atoms with Gasteiger partial charge in [0, 0.05) is 23.4 Å². The van der Waals surface area contributed by atoms with Crippen molar-refractivity contribution < 1.29 is 0 Å². The first kappa shape index (κ1) is 20.0. The lowest BCUT2D eigenvalue weighted by Crippen LogP contribution is -2.49. The smallest absolute Gasteiger partial charge is 0.374 e. The normalized spacial score (nSPS) is 13.0. The highest BCUT2D eigenvalue weighted by molar-refractivity contribution is 6.52. The largest absolute Gasteiger partial charge is 0.400 e. The topological polar surface area (TPSA) is 53.0 Å². The van der Waals surface area contributed by atoms with Gasteiger partial charge in [-0.3, -0.25) is 0 Å². The Bertz CT molecular complexity index is 1380. The number of aromatic nitrogens is 4. The van der Waals surface area contributed by atoms with Gasteiger partial charge in [0.15, 0.2) is 0 Å². The van der Waals surface area contributed by atoms with E-state index >= 15 is 0 Å². The molecule has 0 amide bonds. The van der Waals surface area contributed by atoms with Crippen molar-refractivity contribution in [3.05, 3.63) is 133 Å². The molecule has 0 saturated heterocycles. The van der Waals surface area contributed by atoms with Crippen LogP contribution in [0.5, 0.6) is 0 Å². The van der Waals surface area contributed by atoms with E-state index in [1.165, 1.54) is 0 Å². The van der Waals surface area contributed by atoms with Gasteiger partial charge in [0.1, 0.15) is 5.10 Å². The Labute approximate surface area is 198 Å². The second kappa shape index (κ2) is 8.71. The average Bonchev–Trinajstić information content (AvgIpc) is 3.68. The molecule has 7 heteroatoms. The highest BCUT2D eigenvalue weighted by Gasteiger charge is 2.30. The lowest BCUT2D eigenvalue weighted by atomic mass is 9.94. The third-order valence-electron chi connectivity index (χ3n) is 6.00. The fraction of sp³-hybridized carbons (Fsp3) is 0. The summed E-state index contributed by atoms with van der Waals surface area (Å²) >= 11 is 0. The van der Waals surface area contributed by atoms with Gasteiger partial charge in [-0.25, -0.2) is 15.1 Å². The molecule has 34 heavy (non-hydrogen) atoms. The monoisotopic (exact) mass is 441 g/mol. The van der Waals surface area contributed by atoms with Gasteiger partial charge in [-0.1, -0.05) is 78.9 Å². The molecule has 0 fully saturated rings. The fourth-order valence-corrected chi connectivity index (χ4v) is 4.29. The number of nitrogens with zero attached hydrogens (tertiary/aromatic N) is 6. The Morgan fingerprint density at radius 3 is 1.53 bits per heavy atom. The first-order chi connectivity index (χ1) is 16.8. The molecular weight excluding hydrogens is 419 g/mol. The van der Waals surface area contributed by atoms with Gasteiger partial charge >= 0.3 is 12.8 Å². The highest BCUT2D eigenvalue weighted by atomic mass is 15.5. The first-order valence-electron chi connectivity index (χ1n) is 11.3. The van der Waals surface area contributed by atoms with Gasteiger partial charge in [-0.2, -0.15) is 0 Å². The number of hydrazone groups is 1. The molecule has 0 unspecified atom stereocenters. The molecule has 2 aromatic heterocycles. The van der Waals surface area contributed by atoms with Crippen molar-refractivity contribution in [3.63, 3.8) is 0 Å². The van der Waals surface area contributed by atoms with Crippen LogP contribution in [0.2, 0.25) is 0 Å². The Morgan fingerprint density at radius 1 is 0.559 bits per heavy atom. The zero-order chi connectivity index (χ0) is 22.7. The molecule has 0 spiro atoms. The lowest BCUT2D eigenvalue weighted by Gasteiger charge is -2.26. The lowest BCUT2D eigenvalue weighted by molar-refractivity contribution is 0.519. The molecular formula is C27H22BN6. The maximum atomic E-state index is 4.93. The van der Waals surface area contributed by atoms with Gasteiger partial charge in [0.2, 0.25) is 0 Å². The molecule has 0 aliphatic carbocycles. The fourth-order valence-electron chi connectivity index (χ4n) is 4.29. The van der Waals surface area contributed by atoms with Crippen LogP contribution in [0, 0.1) is 0 Å². The number of allylic oxidation sites excluding steroid dienone is 1. The van der Waals surface area contributed by atoms with E-state index < -0.39 is 7.12 Å². The van der Waals surface area contributed by atoms with Gasteiger partial charge in [0.25, 0.3) is 0 Å². The summed E-state index contributed by atoms with van der Waals surface area (Å²) in [5, 5.41) is 14.8. The summed E-state index contributed by atoms with van der Waals surface area (Å²) in [6.45, 7) is 0. The van der Waals surface area contributed by atoms with Crippen LogP contribution in [-0.4, -0.2) is 37.1 Å². The van der Waals surface area contributed by atoms with E-state index in [0.29, 0.717) is 0 Å².